The van der Waals surface area contributed by atoms with Crippen molar-refractivity contribution in [2.45, 2.75) is 25.4 Å². The molecule has 0 N–H and O–H groups in total. The fourth-order valence-electron chi connectivity index (χ4n) is 2.44. The summed E-state index contributed by atoms with van der Waals surface area (Å²) in [7, 11) is 0. The third kappa shape index (κ3) is 4.51. The van der Waals surface area contributed by atoms with Crippen molar-refractivity contribution < 1.29 is 18.7 Å². The fraction of sp³-hybridized carbons (Fsp3) is 0.278. The van der Waals surface area contributed by atoms with Crippen LogP contribution in [0.5, 0.6) is 0 Å². The Labute approximate surface area is 159 Å². The molecule has 1 amide bonds. The van der Waals surface area contributed by atoms with Crippen molar-refractivity contribution in [2.75, 3.05) is 6.61 Å². The molecule has 0 saturated heterocycles. The maximum Gasteiger partial charge on any atom is 0.340 e. The molecule has 1 aromatic carbocycles. The highest BCUT2D eigenvalue weighted by Crippen LogP contribution is 2.29. The Morgan fingerprint density at radius 1 is 1.27 bits per heavy atom. The van der Waals surface area contributed by atoms with Gasteiger partial charge in [-0.3, -0.25) is 4.79 Å². The second kappa shape index (κ2) is 8.01. The van der Waals surface area contributed by atoms with Crippen molar-refractivity contribution >= 4 is 35.1 Å². The van der Waals surface area contributed by atoms with Crippen LogP contribution >= 0.6 is 23.2 Å². The average molecular weight is 397 g/mol. The SMILES string of the molecule is O=C(OCC(=O)N(Cc1ccccc1F)C1CC1)c1cnc(Cl)c(Cl)c1. The van der Waals surface area contributed by atoms with Gasteiger partial charge in [0.25, 0.3) is 5.91 Å². The van der Waals surface area contributed by atoms with E-state index in [1.807, 2.05) is 0 Å². The number of pyridine rings is 1. The number of nitrogens with zero attached hydrogens (tertiary/aromatic N) is 2. The van der Waals surface area contributed by atoms with Crippen LogP contribution in [0.25, 0.3) is 0 Å². The number of halogens is 3. The van der Waals surface area contributed by atoms with Gasteiger partial charge in [-0.25, -0.2) is 14.2 Å². The summed E-state index contributed by atoms with van der Waals surface area (Å²) in [5.74, 6) is -1.48. The molecule has 0 radical (unpaired) electrons. The van der Waals surface area contributed by atoms with Gasteiger partial charge in [-0.1, -0.05) is 41.4 Å². The predicted octanol–water partition coefficient (Wildman–Crippen LogP) is 3.88. The van der Waals surface area contributed by atoms with Gasteiger partial charge in [0.05, 0.1) is 10.6 Å². The van der Waals surface area contributed by atoms with Crippen molar-refractivity contribution in [2.24, 2.45) is 0 Å². The van der Waals surface area contributed by atoms with Gasteiger partial charge in [0.15, 0.2) is 6.61 Å². The molecule has 1 aliphatic carbocycles. The molecule has 136 valence electrons. The van der Waals surface area contributed by atoms with Crippen LogP contribution in [0, 0.1) is 5.82 Å². The lowest BCUT2D eigenvalue weighted by molar-refractivity contribution is -0.135. The molecule has 2 aromatic rings. The number of ether oxygens (including phenoxy) is 1. The first-order valence-electron chi connectivity index (χ1n) is 7.96. The van der Waals surface area contributed by atoms with Crippen LogP contribution < -0.4 is 0 Å². The topological polar surface area (TPSA) is 59.5 Å². The van der Waals surface area contributed by atoms with E-state index >= 15 is 0 Å². The second-order valence-electron chi connectivity index (χ2n) is 5.92. The number of amides is 1. The minimum Gasteiger partial charge on any atom is -0.452 e. The molecule has 5 nitrogen and oxygen atoms in total. The summed E-state index contributed by atoms with van der Waals surface area (Å²) in [6.07, 6.45) is 2.93. The van der Waals surface area contributed by atoms with Gasteiger partial charge in [-0.05, 0) is 25.0 Å². The van der Waals surface area contributed by atoms with Crippen LogP contribution in [0.4, 0.5) is 4.39 Å². The van der Waals surface area contributed by atoms with E-state index in [4.69, 9.17) is 27.9 Å². The monoisotopic (exact) mass is 396 g/mol. The summed E-state index contributed by atoms with van der Waals surface area (Å²) in [5.41, 5.74) is 0.520. The van der Waals surface area contributed by atoms with Crippen LogP contribution in [0.3, 0.4) is 0 Å². The first-order valence-corrected chi connectivity index (χ1v) is 8.72. The quantitative estimate of drug-likeness (QED) is 0.549. The van der Waals surface area contributed by atoms with Crippen molar-refractivity contribution in [1.82, 2.24) is 9.88 Å². The molecule has 0 bridgehead atoms. The zero-order chi connectivity index (χ0) is 18.7. The fourth-order valence-corrected chi connectivity index (χ4v) is 2.71. The number of carbonyl (C=O) groups is 2. The van der Waals surface area contributed by atoms with Crippen molar-refractivity contribution in [3.05, 3.63) is 63.6 Å². The van der Waals surface area contributed by atoms with E-state index < -0.39 is 12.6 Å². The molecular weight excluding hydrogens is 382 g/mol. The Hall–Kier alpha value is -2.18. The zero-order valence-corrected chi connectivity index (χ0v) is 15.1. The number of carbonyl (C=O) groups excluding carboxylic acids is 2. The molecule has 1 aliphatic rings. The largest absolute Gasteiger partial charge is 0.452 e. The molecule has 0 aliphatic heterocycles. The molecule has 8 heteroatoms. The minimum atomic E-state index is -0.731. The number of rotatable bonds is 6. The molecule has 1 fully saturated rings. The summed E-state index contributed by atoms with van der Waals surface area (Å²) in [6.45, 7) is -0.300. The van der Waals surface area contributed by atoms with E-state index in [0.29, 0.717) is 5.56 Å². The van der Waals surface area contributed by atoms with Crippen LogP contribution in [-0.2, 0) is 16.1 Å². The third-order valence-electron chi connectivity index (χ3n) is 3.97. The highest BCUT2D eigenvalue weighted by atomic mass is 35.5. The molecule has 1 heterocycles. The van der Waals surface area contributed by atoms with Gasteiger partial charge < -0.3 is 9.64 Å². The van der Waals surface area contributed by atoms with Crippen LogP contribution in [0.15, 0.2) is 36.5 Å². The molecule has 1 aromatic heterocycles. The molecule has 26 heavy (non-hydrogen) atoms. The van der Waals surface area contributed by atoms with Crippen LogP contribution in [0.1, 0.15) is 28.8 Å². The van der Waals surface area contributed by atoms with Gasteiger partial charge in [0, 0.05) is 24.3 Å². The van der Waals surface area contributed by atoms with E-state index in [0.717, 1.165) is 12.8 Å². The lowest BCUT2D eigenvalue weighted by Crippen LogP contribution is -2.36. The van der Waals surface area contributed by atoms with Gasteiger partial charge in [0.1, 0.15) is 11.0 Å². The van der Waals surface area contributed by atoms with Crippen LogP contribution in [0.2, 0.25) is 10.2 Å². The van der Waals surface area contributed by atoms with E-state index in [9.17, 15) is 14.0 Å². The van der Waals surface area contributed by atoms with E-state index in [-0.39, 0.29) is 40.1 Å². The lowest BCUT2D eigenvalue weighted by atomic mass is 10.2. The van der Waals surface area contributed by atoms with Gasteiger partial charge in [-0.15, -0.1) is 0 Å². The Morgan fingerprint density at radius 2 is 2.00 bits per heavy atom. The van der Waals surface area contributed by atoms with Crippen molar-refractivity contribution in [3.8, 4) is 0 Å². The maximum absolute atomic E-state index is 13.8. The standard InChI is InChI=1S/C18H15Cl2FN2O3/c19-14-7-12(8-22-17(14)20)18(25)26-10-16(24)23(13-5-6-13)9-11-3-1-2-4-15(11)21/h1-4,7-8,13H,5-6,9-10H2. The average Bonchev–Trinajstić information content (AvgIpc) is 3.46. The van der Waals surface area contributed by atoms with Crippen LogP contribution in [-0.4, -0.2) is 34.4 Å². The summed E-state index contributed by atoms with van der Waals surface area (Å²) in [6, 6.07) is 7.66. The zero-order valence-electron chi connectivity index (χ0n) is 13.6. The highest BCUT2D eigenvalue weighted by molar-refractivity contribution is 6.41. The Kier molecular flexibility index (Phi) is 5.74. The predicted molar refractivity (Wildman–Crippen MR) is 94.5 cm³/mol. The minimum absolute atomic E-state index is 0.0486. The number of hydrogen-bond acceptors (Lipinski definition) is 4. The lowest BCUT2D eigenvalue weighted by Gasteiger charge is -2.22. The second-order valence-corrected chi connectivity index (χ2v) is 6.68. The summed E-state index contributed by atoms with van der Waals surface area (Å²) in [4.78, 5) is 29.8. The number of esters is 1. The molecule has 0 spiro atoms. The van der Waals surface area contributed by atoms with Gasteiger partial charge in [0.2, 0.25) is 0 Å². The third-order valence-corrected chi connectivity index (χ3v) is 4.65. The molecule has 1 saturated carbocycles. The number of hydrogen-bond donors (Lipinski definition) is 0. The summed E-state index contributed by atoms with van der Waals surface area (Å²) < 4.78 is 18.9. The van der Waals surface area contributed by atoms with Gasteiger partial charge >= 0.3 is 5.97 Å². The summed E-state index contributed by atoms with van der Waals surface area (Å²) >= 11 is 11.5. The number of benzene rings is 1. The molecule has 3 rings (SSSR count). The van der Waals surface area contributed by atoms with Crippen molar-refractivity contribution in [3.63, 3.8) is 0 Å². The molecular formula is C18H15Cl2FN2O3. The normalized spacial score (nSPS) is 13.3. The Balaban J connectivity index is 1.62. The van der Waals surface area contributed by atoms with E-state index in [2.05, 4.69) is 4.98 Å². The highest BCUT2D eigenvalue weighted by Gasteiger charge is 2.33. The first kappa shape index (κ1) is 18.6. The summed E-state index contributed by atoms with van der Waals surface area (Å²) in [5, 5.41) is 0.190. The Morgan fingerprint density at radius 3 is 2.65 bits per heavy atom. The maximum atomic E-state index is 13.8. The van der Waals surface area contributed by atoms with E-state index in [1.165, 1.54) is 18.3 Å². The molecule has 0 atom stereocenters. The van der Waals surface area contributed by atoms with Gasteiger partial charge in [-0.2, -0.15) is 0 Å². The van der Waals surface area contributed by atoms with Crippen molar-refractivity contribution in [1.29, 1.82) is 0 Å². The Bertz CT molecular complexity index is 843. The number of aromatic nitrogens is 1. The van der Waals surface area contributed by atoms with E-state index in [1.54, 1.807) is 23.1 Å². The molecule has 0 unspecified atom stereocenters. The first-order chi connectivity index (χ1) is 12.5. The smallest absolute Gasteiger partial charge is 0.340 e.